The molecule has 1 atom stereocenters. The summed E-state index contributed by atoms with van der Waals surface area (Å²) in [5, 5.41) is 12.0. The number of benzene rings is 2. The van der Waals surface area contributed by atoms with Crippen molar-refractivity contribution < 1.29 is 13.2 Å². The number of aryl methyl sites for hydroxylation is 3. The molecule has 1 aromatic heterocycles. The molecule has 3 aromatic rings. The smallest absolute Gasteiger partial charge is 0.250 e. The molecular weight excluding hydrogens is 432 g/mol. The molecule has 0 saturated carbocycles. The van der Waals surface area contributed by atoms with Crippen molar-refractivity contribution in [1.29, 1.82) is 0 Å². The molecule has 1 N–H and O–H groups in total. The second-order valence-electron chi connectivity index (χ2n) is 7.54. The van der Waals surface area contributed by atoms with Gasteiger partial charge in [-0.2, -0.15) is 0 Å². The van der Waals surface area contributed by atoms with Crippen molar-refractivity contribution >= 4 is 38.1 Å². The van der Waals surface area contributed by atoms with Gasteiger partial charge >= 0.3 is 0 Å². The normalized spacial score (nSPS) is 12.4. The first-order chi connectivity index (χ1) is 14.6. The van der Waals surface area contributed by atoms with Gasteiger partial charge in [-0.3, -0.25) is 14.4 Å². The van der Waals surface area contributed by atoms with E-state index in [2.05, 4.69) is 15.5 Å². The Morgan fingerprint density at radius 2 is 1.71 bits per heavy atom. The Balaban J connectivity index is 1.89. The predicted octanol–water partition coefficient (Wildman–Crippen LogP) is 4.31. The summed E-state index contributed by atoms with van der Waals surface area (Å²) in [7, 11) is -3.71. The molecule has 0 saturated heterocycles. The number of nitrogens with one attached hydrogen (secondary N) is 1. The standard InChI is InChI=1S/C22H26N4O3S2/c1-6-18(26(31(5,28)29)19-13-15(3)7-10-16(19)4)20(27)23-22-25-24-21(30-22)17-11-8-14(2)9-12-17/h7-13,18H,6H2,1-5H3,(H,23,25,27)/t18-/m1/s1. The number of carbonyl (C=O) groups excluding carboxylic acids is 1. The third kappa shape index (κ3) is 5.29. The second kappa shape index (κ2) is 9.15. The largest absolute Gasteiger partial charge is 0.299 e. The summed E-state index contributed by atoms with van der Waals surface area (Å²) in [6, 6.07) is 12.5. The Labute approximate surface area is 187 Å². The van der Waals surface area contributed by atoms with Crippen molar-refractivity contribution in [2.75, 3.05) is 15.9 Å². The van der Waals surface area contributed by atoms with E-state index >= 15 is 0 Å². The van der Waals surface area contributed by atoms with Crippen LogP contribution in [0.5, 0.6) is 0 Å². The molecule has 0 aliphatic heterocycles. The molecule has 0 aliphatic rings. The number of amides is 1. The van der Waals surface area contributed by atoms with Crippen molar-refractivity contribution in [3.05, 3.63) is 59.2 Å². The van der Waals surface area contributed by atoms with Crippen LogP contribution in [0, 0.1) is 20.8 Å². The predicted molar refractivity (Wildman–Crippen MR) is 126 cm³/mol. The molecule has 2 aromatic carbocycles. The SMILES string of the molecule is CC[C@H](C(=O)Nc1nnc(-c2ccc(C)cc2)s1)N(c1cc(C)ccc1C)S(C)(=O)=O. The highest BCUT2D eigenvalue weighted by Crippen LogP contribution is 2.30. The van der Waals surface area contributed by atoms with Gasteiger partial charge in [0.15, 0.2) is 0 Å². The molecule has 0 bridgehead atoms. The van der Waals surface area contributed by atoms with Gasteiger partial charge in [-0.25, -0.2) is 8.42 Å². The number of rotatable bonds is 7. The average molecular weight is 459 g/mol. The van der Waals surface area contributed by atoms with Gasteiger partial charge in [0.05, 0.1) is 11.9 Å². The van der Waals surface area contributed by atoms with E-state index < -0.39 is 22.0 Å². The summed E-state index contributed by atoms with van der Waals surface area (Å²) in [6.45, 7) is 7.50. The van der Waals surface area contributed by atoms with Crippen LogP contribution < -0.4 is 9.62 Å². The van der Waals surface area contributed by atoms with E-state index in [1.165, 1.54) is 15.6 Å². The molecule has 0 spiro atoms. The third-order valence-corrected chi connectivity index (χ3v) is 6.94. The molecule has 0 fully saturated rings. The highest BCUT2D eigenvalue weighted by atomic mass is 32.2. The molecule has 7 nitrogen and oxygen atoms in total. The zero-order valence-corrected chi connectivity index (χ0v) is 19.8. The highest BCUT2D eigenvalue weighted by molar-refractivity contribution is 7.92. The topological polar surface area (TPSA) is 92.3 Å². The van der Waals surface area contributed by atoms with E-state index in [4.69, 9.17) is 0 Å². The summed E-state index contributed by atoms with van der Waals surface area (Å²) in [4.78, 5) is 13.1. The number of aromatic nitrogens is 2. The maximum Gasteiger partial charge on any atom is 0.250 e. The van der Waals surface area contributed by atoms with E-state index in [-0.39, 0.29) is 0 Å². The summed E-state index contributed by atoms with van der Waals surface area (Å²) in [5.74, 6) is -0.444. The Kier molecular flexibility index (Phi) is 6.76. The van der Waals surface area contributed by atoms with Crippen LogP contribution in [0.2, 0.25) is 0 Å². The van der Waals surface area contributed by atoms with Crippen LogP contribution in [0.1, 0.15) is 30.0 Å². The lowest BCUT2D eigenvalue weighted by molar-refractivity contribution is -0.117. The van der Waals surface area contributed by atoms with Crippen molar-refractivity contribution in [2.45, 2.75) is 40.2 Å². The second-order valence-corrected chi connectivity index (χ2v) is 10.4. The van der Waals surface area contributed by atoms with Gasteiger partial charge in [0, 0.05) is 5.56 Å². The Hall–Kier alpha value is -2.78. The minimum Gasteiger partial charge on any atom is -0.299 e. The maximum atomic E-state index is 13.1. The first kappa shape index (κ1) is 22.9. The molecule has 0 radical (unpaired) electrons. The molecule has 1 heterocycles. The van der Waals surface area contributed by atoms with Crippen molar-refractivity contribution in [3.63, 3.8) is 0 Å². The van der Waals surface area contributed by atoms with Crippen LogP contribution in [-0.2, 0) is 14.8 Å². The number of sulfonamides is 1. The summed E-state index contributed by atoms with van der Waals surface area (Å²) in [6.07, 6.45) is 1.42. The lowest BCUT2D eigenvalue weighted by Crippen LogP contribution is -2.47. The number of hydrogen-bond donors (Lipinski definition) is 1. The van der Waals surface area contributed by atoms with Gasteiger partial charge in [-0.15, -0.1) is 10.2 Å². The fraction of sp³-hybridized carbons (Fsp3) is 0.318. The monoisotopic (exact) mass is 458 g/mol. The quantitative estimate of drug-likeness (QED) is 0.569. The Morgan fingerprint density at radius 3 is 2.32 bits per heavy atom. The minimum absolute atomic E-state index is 0.301. The number of anilines is 2. The number of carbonyl (C=O) groups is 1. The lowest BCUT2D eigenvalue weighted by Gasteiger charge is -2.31. The third-order valence-electron chi connectivity index (χ3n) is 4.89. The van der Waals surface area contributed by atoms with Crippen molar-refractivity contribution in [2.24, 2.45) is 0 Å². The molecule has 3 rings (SSSR count). The van der Waals surface area contributed by atoms with Crippen LogP contribution in [0.25, 0.3) is 10.6 Å². The Morgan fingerprint density at radius 1 is 1.06 bits per heavy atom. The van der Waals surface area contributed by atoms with E-state index in [0.717, 1.165) is 28.5 Å². The van der Waals surface area contributed by atoms with Crippen LogP contribution in [-0.4, -0.2) is 36.8 Å². The van der Waals surface area contributed by atoms with E-state index in [1.807, 2.05) is 57.2 Å². The first-order valence-corrected chi connectivity index (χ1v) is 12.5. The summed E-state index contributed by atoms with van der Waals surface area (Å²) < 4.78 is 26.6. The highest BCUT2D eigenvalue weighted by Gasteiger charge is 2.33. The van der Waals surface area contributed by atoms with Gasteiger partial charge in [-0.05, 0) is 44.4 Å². The van der Waals surface area contributed by atoms with Gasteiger partial charge in [0.25, 0.3) is 0 Å². The fourth-order valence-corrected chi connectivity index (χ4v) is 5.28. The van der Waals surface area contributed by atoms with Crippen molar-refractivity contribution in [3.8, 4) is 10.6 Å². The molecule has 1 amide bonds. The zero-order chi connectivity index (χ0) is 22.8. The molecule has 9 heteroatoms. The fourth-order valence-electron chi connectivity index (χ4n) is 3.27. The van der Waals surface area contributed by atoms with Crippen LogP contribution in [0.15, 0.2) is 42.5 Å². The van der Waals surface area contributed by atoms with Crippen LogP contribution >= 0.6 is 11.3 Å². The molecule has 0 aliphatic carbocycles. The maximum absolute atomic E-state index is 13.1. The lowest BCUT2D eigenvalue weighted by atomic mass is 10.1. The molecule has 0 unspecified atom stereocenters. The zero-order valence-electron chi connectivity index (χ0n) is 18.2. The summed E-state index contributed by atoms with van der Waals surface area (Å²) >= 11 is 1.25. The van der Waals surface area contributed by atoms with Gasteiger partial charge in [0.2, 0.25) is 21.1 Å². The van der Waals surface area contributed by atoms with Crippen molar-refractivity contribution in [1.82, 2.24) is 10.2 Å². The van der Waals surface area contributed by atoms with Gasteiger partial charge < -0.3 is 0 Å². The number of hydrogen-bond acceptors (Lipinski definition) is 6. The van der Waals surface area contributed by atoms with E-state index in [0.29, 0.717) is 22.2 Å². The molecular formula is C22H26N4O3S2. The average Bonchev–Trinajstić information content (AvgIpc) is 3.16. The van der Waals surface area contributed by atoms with E-state index in [1.54, 1.807) is 13.0 Å². The summed E-state index contributed by atoms with van der Waals surface area (Å²) in [5.41, 5.74) is 4.24. The Bertz CT molecular complexity index is 1190. The minimum atomic E-state index is -3.71. The molecule has 164 valence electrons. The number of nitrogens with zero attached hydrogens (tertiary/aromatic N) is 3. The van der Waals surface area contributed by atoms with Crippen LogP contribution in [0.4, 0.5) is 10.8 Å². The van der Waals surface area contributed by atoms with Gasteiger partial charge in [-0.1, -0.05) is 60.2 Å². The van der Waals surface area contributed by atoms with E-state index in [9.17, 15) is 13.2 Å². The van der Waals surface area contributed by atoms with Crippen LogP contribution in [0.3, 0.4) is 0 Å². The van der Waals surface area contributed by atoms with Gasteiger partial charge in [0.1, 0.15) is 11.0 Å². The first-order valence-electron chi connectivity index (χ1n) is 9.88. The molecule has 31 heavy (non-hydrogen) atoms.